The molecule has 0 fully saturated rings. The molecule has 0 bridgehead atoms. The molecule has 0 heterocycles. The molecule has 0 aliphatic rings. The van der Waals surface area contributed by atoms with Gasteiger partial charge in [-0.3, -0.25) is 4.79 Å². The highest BCUT2D eigenvalue weighted by Gasteiger charge is 2.09. The van der Waals surface area contributed by atoms with Crippen LogP contribution in [0.5, 0.6) is 0 Å². The Morgan fingerprint density at radius 1 is 1.54 bits per heavy atom. The van der Waals surface area contributed by atoms with E-state index < -0.39 is 0 Å². The van der Waals surface area contributed by atoms with E-state index in [1.165, 1.54) is 0 Å². The Hall–Kier alpha value is -0.280. The Morgan fingerprint density at radius 3 is 2.77 bits per heavy atom. The van der Waals surface area contributed by atoms with E-state index in [-0.39, 0.29) is 11.8 Å². The lowest BCUT2D eigenvalue weighted by atomic mass is 10.2. The van der Waals surface area contributed by atoms with Gasteiger partial charge in [-0.2, -0.15) is 0 Å². The van der Waals surface area contributed by atoms with Crippen LogP contribution in [0.25, 0.3) is 0 Å². The van der Waals surface area contributed by atoms with E-state index in [1.54, 1.807) is 7.11 Å². The zero-order valence-electron chi connectivity index (χ0n) is 8.31. The van der Waals surface area contributed by atoms with Crippen molar-refractivity contribution in [1.82, 2.24) is 5.32 Å². The first-order valence-corrected chi connectivity index (χ1v) is 5.08. The van der Waals surface area contributed by atoms with E-state index >= 15 is 0 Å². The smallest absolute Gasteiger partial charge is 0.224 e. The third-order valence-corrected chi connectivity index (χ3v) is 2.22. The van der Waals surface area contributed by atoms with Crippen molar-refractivity contribution < 1.29 is 9.53 Å². The fraction of sp³-hybridized carbons (Fsp3) is 0.889. The maximum atomic E-state index is 11.2. The molecule has 0 radical (unpaired) electrons. The number of methoxy groups -OCH3 is 1. The highest BCUT2D eigenvalue weighted by molar-refractivity contribution is 6.19. The standard InChI is InChI=1S/C9H18ClNO2/c1-8(7-10)9(12)11-5-3-4-6-13-2/h8H,3-7H2,1-2H3,(H,11,12). The van der Waals surface area contributed by atoms with Gasteiger partial charge in [0.25, 0.3) is 0 Å². The van der Waals surface area contributed by atoms with Gasteiger partial charge >= 0.3 is 0 Å². The fourth-order valence-corrected chi connectivity index (χ4v) is 0.967. The third-order valence-electron chi connectivity index (χ3n) is 1.75. The van der Waals surface area contributed by atoms with Crippen LogP contribution < -0.4 is 5.32 Å². The van der Waals surface area contributed by atoms with E-state index in [0.717, 1.165) is 19.4 Å². The van der Waals surface area contributed by atoms with Crippen LogP contribution in [0.2, 0.25) is 0 Å². The van der Waals surface area contributed by atoms with Gasteiger partial charge in [-0.1, -0.05) is 6.92 Å². The number of alkyl halides is 1. The maximum Gasteiger partial charge on any atom is 0.224 e. The topological polar surface area (TPSA) is 38.3 Å². The highest BCUT2D eigenvalue weighted by atomic mass is 35.5. The Kier molecular flexibility index (Phi) is 8.14. The van der Waals surface area contributed by atoms with Crippen molar-refractivity contribution in [1.29, 1.82) is 0 Å². The Bertz CT molecular complexity index is 142. The van der Waals surface area contributed by atoms with E-state index in [4.69, 9.17) is 16.3 Å². The summed E-state index contributed by atoms with van der Waals surface area (Å²) in [7, 11) is 1.67. The van der Waals surface area contributed by atoms with Crippen LogP contribution in [-0.4, -0.2) is 32.0 Å². The summed E-state index contributed by atoms with van der Waals surface area (Å²) in [6, 6.07) is 0. The van der Waals surface area contributed by atoms with Crippen molar-refractivity contribution >= 4 is 17.5 Å². The molecule has 0 aliphatic heterocycles. The summed E-state index contributed by atoms with van der Waals surface area (Å²) in [6.45, 7) is 3.28. The number of unbranched alkanes of at least 4 members (excludes halogenated alkanes) is 1. The minimum Gasteiger partial charge on any atom is -0.385 e. The van der Waals surface area contributed by atoms with Crippen LogP contribution in [0.1, 0.15) is 19.8 Å². The molecule has 0 rings (SSSR count). The number of rotatable bonds is 7. The van der Waals surface area contributed by atoms with Gasteiger partial charge in [0.1, 0.15) is 0 Å². The second-order valence-electron chi connectivity index (χ2n) is 3.05. The fourth-order valence-electron chi connectivity index (χ4n) is 0.827. The van der Waals surface area contributed by atoms with E-state index in [2.05, 4.69) is 5.32 Å². The van der Waals surface area contributed by atoms with Gasteiger partial charge in [-0.15, -0.1) is 11.6 Å². The Balaban J connectivity index is 3.27. The normalized spacial score (nSPS) is 12.5. The summed E-state index contributed by atoms with van der Waals surface area (Å²) in [6.07, 6.45) is 1.93. The molecule has 1 amide bonds. The molecule has 78 valence electrons. The Morgan fingerprint density at radius 2 is 2.23 bits per heavy atom. The molecule has 13 heavy (non-hydrogen) atoms. The van der Waals surface area contributed by atoms with Crippen LogP contribution >= 0.6 is 11.6 Å². The zero-order valence-corrected chi connectivity index (χ0v) is 9.06. The monoisotopic (exact) mass is 207 g/mol. The van der Waals surface area contributed by atoms with Crippen molar-refractivity contribution in [3.05, 3.63) is 0 Å². The van der Waals surface area contributed by atoms with Gasteiger partial charge in [0.05, 0.1) is 0 Å². The number of carbonyl (C=O) groups is 1. The average molecular weight is 208 g/mol. The van der Waals surface area contributed by atoms with Crippen molar-refractivity contribution in [2.75, 3.05) is 26.1 Å². The molecule has 0 aliphatic carbocycles. The van der Waals surface area contributed by atoms with Crippen molar-refractivity contribution in [3.63, 3.8) is 0 Å². The molecule has 4 heteroatoms. The van der Waals surface area contributed by atoms with Crippen LogP contribution in [0.15, 0.2) is 0 Å². The maximum absolute atomic E-state index is 11.2. The van der Waals surface area contributed by atoms with Crippen molar-refractivity contribution in [2.24, 2.45) is 5.92 Å². The average Bonchev–Trinajstić information content (AvgIpc) is 2.16. The van der Waals surface area contributed by atoms with Gasteiger partial charge in [0.15, 0.2) is 0 Å². The molecule has 0 aromatic rings. The molecule has 0 saturated carbocycles. The second-order valence-corrected chi connectivity index (χ2v) is 3.35. The number of carbonyl (C=O) groups excluding carboxylic acids is 1. The van der Waals surface area contributed by atoms with Crippen molar-refractivity contribution in [3.8, 4) is 0 Å². The summed E-state index contributed by atoms with van der Waals surface area (Å²) in [5.74, 6) is 0.320. The van der Waals surface area contributed by atoms with Crippen molar-refractivity contribution in [2.45, 2.75) is 19.8 Å². The predicted octanol–water partition coefficient (Wildman–Crippen LogP) is 1.40. The lowest BCUT2D eigenvalue weighted by Gasteiger charge is -2.08. The third kappa shape index (κ3) is 6.84. The molecule has 0 aromatic carbocycles. The number of ether oxygens (including phenoxy) is 1. The van der Waals surface area contributed by atoms with Gasteiger partial charge in [0.2, 0.25) is 5.91 Å². The van der Waals surface area contributed by atoms with E-state index in [0.29, 0.717) is 12.4 Å². The summed E-state index contributed by atoms with van der Waals surface area (Å²) >= 11 is 5.53. The van der Waals surface area contributed by atoms with E-state index in [9.17, 15) is 4.79 Å². The number of hydrogen-bond acceptors (Lipinski definition) is 2. The summed E-state index contributed by atoms with van der Waals surface area (Å²) < 4.78 is 4.88. The minimum atomic E-state index is -0.0934. The Labute approximate surface area is 84.8 Å². The molecule has 0 spiro atoms. The van der Waals surface area contributed by atoms with Gasteiger partial charge in [-0.05, 0) is 12.8 Å². The molecule has 0 saturated heterocycles. The van der Waals surface area contributed by atoms with Crippen LogP contribution in [-0.2, 0) is 9.53 Å². The van der Waals surface area contributed by atoms with Crippen LogP contribution in [0.4, 0.5) is 0 Å². The summed E-state index contributed by atoms with van der Waals surface area (Å²) in [5, 5.41) is 2.81. The number of hydrogen-bond donors (Lipinski definition) is 1. The summed E-state index contributed by atoms with van der Waals surface area (Å²) in [5.41, 5.74) is 0. The molecule has 1 N–H and O–H groups in total. The largest absolute Gasteiger partial charge is 0.385 e. The molecular weight excluding hydrogens is 190 g/mol. The highest BCUT2D eigenvalue weighted by Crippen LogP contribution is 1.97. The minimum absolute atomic E-state index is 0.0346. The molecule has 0 aromatic heterocycles. The first kappa shape index (κ1) is 12.7. The molecule has 1 unspecified atom stereocenters. The number of nitrogens with one attached hydrogen (secondary N) is 1. The van der Waals surface area contributed by atoms with Gasteiger partial charge in [-0.25, -0.2) is 0 Å². The summed E-state index contributed by atoms with van der Waals surface area (Å²) in [4.78, 5) is 11.2. The molecule has 1 atom stereocenters. The lowest BCUT2D eigenvalue weighted by molar-refractivity contribution is -0.123. The predicted molar refractivity (Wildman–Crippen MR) is 54.0 cm³/mol. The zero-order chi connectivity index (χ0) is 10.1. The molecular formula is C9H18ClNO2. The number of halogens is 1. The van der Waals surface area contributed by atoms with Gasteiger partial charge in [0, 0.05) is 32.1 Å². The first-order valence-electron chi connectivity index (χ1n) is 4.55. The second kappa shape index (κ2) is 8.32. The van der Waals surface area contributed by atoms with Gasteiger partial charge < -0.3 is 10.1 Å². The lowest BCUT2D eigenvalue weighted by Crippen LogP contribution is -2.30. The SMILES string of the molecule is COCCCCNC(=O)C(C)CCl. The first-order chi connectivity index (χ1) is 6.22. The number of amides is 1. The van der Waals surface area contributed by atoms with Crippen LogP contribution in [0, 0.1) is 5.92 Å². The quantitative estimate of drug-likeness (QED) is 0.507. The van der Waals surface area contributed by atoms with Crippen LogP contribution in [0.3, 0.4) is 0 Å². The van der Waals surface area contributed by atoms with E-state index in [1.807, 2.05) is 6.92 Å². The molecule has 3 nitrogen and oxygen atoms in total.